The molecule has 1 atom stereocenters. The van der Waals surface area contributed by atoms with Crippen molar-refractivity contribution >= 4 is 23.2 Å². The number of halogens is 1. The van der Waals surface area contributed by atoms with E-state index in [1.807, 2.05) is 17.9 Å². The highest BCUT2D eigenvalue weighted by molar-refractivity contribution is 6.30. The molecular formula is C19H20ClN3O3. The van der Waals surface area contributed by atoms with Crippen LogP contribution >= 0.6 is 11.6 Å². The Morgan fingerprint density at radius 2 is 1.77 bits per heavy atom. The third kappa shape index (κ3) is 4.03. The standard InChI is InChI=1S/C19H20ClN3O3/c1-14(16-3-2-4-18(13-16)23(25)26)21-9-11-22(12-10-21)19(24)15-5-7-17(20)8-6-15/h2-8,13-14H,9-12H2,1H3. The van der Waals surface area contributed by atoms with Gasteiger partial charge in [0.05, 0.1) is 4.92 Å². The summed E-state index contributed by atoms with van der Waals surface area (Å²) >= 11 is 5.87. The lowest BCUT2D eigenvalue weighted by atomic mass is 10.1. The molecule has 2 aromatic rings. The molecule has 1 heterocycles. The maximum absolute atomic E-state index is 12.6. The van der Waals surface area contributed by atoms with Crippen molar-refractivity contribution in [1.82, 2.24) is 9.80 Å². The third-order valence-electron chi connectivity index (χ3n) is 4.80. The van der Waals surface area contributed by atoms with Crippen molar-refractivity contribution in [2.75, 3.05) is 26.2 Å². The van der Waals surface area contributed by atoms with E-state index in [1.165, 1.54) is 6.07 Å². The number of nitrogens with zero attached hydrogens (tertiary/aromatic N) is 3. The first-order valence-corrected chi connectivity index (χ1v) is 8.87. The van der Waals surface area contributed by atoms with Crippen LogP contribution in [0.25, 0.3) is 0 Å². The fourth-order valence-electron chi connectivity index (χ4n) is 3.20. The van der Waals surface area contributed by atoms with E-state index >= 15 is 0 Å². The molecular weight excluding hydrogens is 354 g/mol. The number of carbonyl (C=O) groups is 1. The quantitative estimate of drug-likeness (QED) is 0.604. The highest BCUT2D eigenvalue weighted by Gasteiger charge is 2.26. The maximum atomic E-state index is 12.6. The highest BCUT2D eigenvalue weighted by atomic mass is 35.5. The van der Waals surface area contributed by atoms with Crippen LogP contribution in [0.1, 0.15) is 28.9 Å². The number of carbonyl (C=O) groups excluding carboxylic acids is 1. The minimum Gasteiger partial charge on any atom is -0.336 e. The van der Waals surface area contributed by atoms with Gasteiger partial charge in [-0.15, -0.1) is 0 Å². The lowest BCUT2D eigenvalue weighted by molar-refractivity contribution is -0.385. The van der Waals surface area contributed by atoms with Crippen LogP contribution in [0.15, 0.2) is 48.5 Å². The zero-order chi connectivity index (χ0) is 18.7. The van der Waals surface area contributed by atoms with Crippen LogP contribution in [0.3, 0.4) is 0 Å². The first-order chi connectivity index (χ1) is 12.5. The van der Waals surface area contributed by atoms with Crippen molar-refractivity contribution in [2.24, 2.45) is 0 Å². The Hall–Kier alpha value is -2.44. The third-order valence-corrected chi connectivity index (χ3v) is 5.06. The molecule has 7 heteroatoms. The van der Waals surface area contributed by atoms with E-state index in [0.29, 0.717) is 23.7 Å². The molecule has 0 radical (unpaired) electrons. The Labute approximate surface area is 157 Å². The first kappa shape index (κ1) is 18.4. The molecule has 2 aromatic carbocycles. The van der Waals surface area contributed by atoms with Gasteiger partial charge in [0, 0.05) is 54.9 Å². The van der Waals surface area contributed by atoms with Crippen LogP contribution in [0.4, 0.5) is 5.69 Å². The molecule has 1 saturated heterocycles. The van der Waals surface area contributed by atoms with Crippen LogP contribution < -0.4 is 0 Å². The van der Waals surface area contributed by atoms with Gasteiger partial charge in [-0.3, -0.25) is 19.8 Å². The lowest BCUT2D eigenvalue weighted by Crippen LogP contribution is -2.49. The summed E-state index contributed by atoms with van der Waals surface area (Å²) in [4.78, 5) is 27.2. The zero-order valence-corrected chi connectivity index (χ0v) is 15.2. The number of rotatable bonds is 4. The van der Waals surface area contributed by atoms with Crippen LogP contribution in [-0.4, -0.2) is 46.8 Å². The van der Waals surface area contributed by atoms with Crippen molar-refractivity contribution in [3.05, 3.63) is 74.8 Å². The smallest absolute Gasteiger partial charge is 0.269 e. The molecule has 1 amide bonds. The molecule has 136 valence electrons. The Morgan fingerprint density at radius 1 is 1.12 bits per heavy atom. The molecule has 6 nitrogen and oxygen atoms in total. The van der Waals surface area contributed by atoms with E-state index in [9.17, 15) is 14.9 Å². The van der Waals surface area contributed by atoms with E-state index < -0.39 is 0 Å². The van der Waals surface area contributed by atoms with E-state index in [2.05, 4.69) is 4.90 Å². The number of hydrogen-bond acceptors (Lipinski definition) is 4. The molecule has 0 aromatic heterocycles. The monoisotopic (exact) mass is 373 g/mol. The number of non-ortho nitro benzene ring substituents is 1. The summed E-state index contributed by atoms with van der Waals surface area (Å²) in [6.07, 6.45) is 0. The summed E-state index contributed by atoms with van der Waals surface area (Å²) in [6, 6.07) is 13.7. The number of nitro benzene ring substituents is 1. The van der Waals surface area contributed by atoms with Gasteiger partial charge in [0.2, 0.25) is 0 Å². The molecule has 0 saturated carbocycles. The molecule has 3 rings (SSSR count). The number of amides is 1. The van der Waals surface area contributed by atoms with E-state index in [1.54, 1.807) is 36.4 Å². The van der Waals surface area contributed by atoms with Crippen LogP contribution in [0.2, 0.25) is 5.02 Å². The summed E-state index contributed by atoms with van der Waals surface area (Å²) < 4.78 is 0. The van der Waals surface area contributed by atoms with E-state index in [4.69, 9.17) is 11.6 Å². The Bertz CT molecular complexity index is 802. The van der Waals surface area contributed by atoms with Crippen molar-refractivity contribution < 1.29 is 9.72 Å². The first-order valence-electron chi connectivity index (χ1n) is 8.49. The number of nitro groups is 1. The van der Waals surface area contributed by atoms with Crippen LogP contribution in [0.5, 0.6) is 0 Å². The average Bonchev–Trinajstić information content (AvgIpc) is 2.67. The van der Waals surface area contributed by atoms with Crippen LogP contribution in [0, 0.1) is 10.1 Å². The van der Waals surface area contributed by atoms with Gasteiger partial charge < -0.3 is 4.90 Å². The molecule has 0 aliphatic carbocycles. The summed E-state index contributed by atoms with van der Waals surface area (Å²) in [5, 5.41) is 11.6. The Balaban J connectivity index is 1.62. The van der Waals surface area contributed by atoms with Gasteiger partial charge in [-0.1, -0.05) is 23.7 Å². The van der Waals surface area contributed by atoms with Crippen molar-refractivity contribution in [1.29, 1.82) is 0 Å². The average molecular weight is 374 g/mol. The fourth-order valence-corrected chi connectivity index (χ4v) is 3.32. The predicted molar refractivity (Wildman–Crippen MR) is 100 cm³/mol. The molecule has 26 heavy (non-hydrogen) atoms. The number of piperazine rings is 1. The Morgan fingerprint density at radius 3 is 2.38 bits per heavy atom. The lowest BCUT2D eigenvalue weighted by Gasteiger charge is -2.38. The van der Waals surface area contributed by atoms with Crippen molar-refractivity contribution in [3.63, 3.8) is 0 Å². The predicted octanol–water partition coefficient (Wildman–Crippen LogP) is 3.77. The van der Waals surface area contributed by atoms with Crippen molar-refractivity contribution in [3.8, 4) is 0 Å². The second kappa shape index (κ2) is 7.85. The number of benzene rings is 2. The molecule has 1 aliphatic heterocycles. The normalized spacial score (nSPS) is 16.3. The van der Waals surface area contributed by atoms with Gasteiger partial charge in [-0.2, -0.15) is 0 Å². The van der Waals surface area contributed by atoms with Crippen molar-refractivity contribution in [2.45, 2.75) is 13.0 Å². The largest absolute Gasteiger partial charge is 0.336 e. The zero-order valence-electron chi connectivity index (χ0n) is 14.5. The van der Waals surface area contributed by atoms with Gasteiger partial charge in [0.15, 0.2) is 0 Å². The fraction of sp³-hybridized carbons (Fsp3) is 0.316. The van der Waals surface area contributed by atoms with E-state index in [0.717, 1.165) is 18.7 Å². The van der Waals surface area contributed by atoms with E-state index in [-0.39, 0.29) is 22.6 Å². The molecule has 1 aliphatic rings. The molecule has 0 bridgehead atoms. The van der Waals surface area contributed by atoms with Gasteiger partial charge in [-0.05, 0) is 36.8 Å². The maximum Gasteiger partial charge on any atom is 0.269 e. The topological polar surface area (TPSA) is 66.7 Å². The van der Waals surface area contributed by atoms with Crippen LogP contribution in [-0.2, 0) is 0 Å². The summed E-state index contributed by atoms with van der Waals surface area (Å²) in [7, 11) is 0. The Kier molecular flexibility index (Phi) is 5.54. The molecule has 0 N–H and O–H groups in total. The summed E-state index contributed by atoms with van der Waals surface area (Å²) in [6.45, 7) is 4.74. The SMILES string of the molecule is CC(c1cccc([N+](=O)[O-])c1)N1CCN(C(=O)c2ccc(Cl)cc2)CC1. The minimum absolute atomic E-state index is 0.00400. The minimum atomic E-state index is -0.376. The van der Waals surface area contributed by atoms with Gasteiger partial charge in [-0.25, -0.2) is 0 Å². The molecule has 1 fully saturated rings. The molecule has 0 spiro atoms. The van der Waals surface area contributed by atoms with Gasteiger partial charge in [0.1, 0.15) is 0 Å². The summed E-state index contributed by atoms with van der Waals surface area (Å²) in [5.41, 5.74) is 1.65. The second-order valence-electron chi connectivity index (χ2n) is 6.36. The van der Waals surface area contributed by atoms with Gasteiger partial charge >= 0.3 is 0 Å². The van der Waals surface area contributed by atoms with Gasteiger partial charge in [0.25, 0.3) is 11.6 Å². The number of hydrogen-bond donors (Lipinski definition) is 0. The summed E-state index contributed by atoms with van der Waals surface area (Å²) in [5.74, 6) is 0.00400. The second-order valence-corrected chi connectivity index (χ2v) is 6.80. The highest BCUT2D eigenvalue weighted by Crippen LogP contribution is 2.25. The molecule has 1 unspecified atom stereocenters.